The number of benzene rings is 3. The number of anilines is 1. The first kappa shape index (κ1) is 22.5. The highest BCUT2D eigenvalue weighted by Crippen LogP contribution is 2.29. The SMILES string of the molecule is O=C(COc1ccc(C=NNC(=O)c2cccc(C(F)(F)F)c2)cc1)Nc1ccccc1. The number of carbonyl (C=O) groups is 2. The molecule has 3 aromatic carbocycles. The molecule has 9 heteroatoms. The third kappa shape index (κ3) is 6.69. The molecule has 0 fully saturated rings. The molecule has 0 radical (unpaired) electrons. The predicted octanol–water partition coefficient (Wildman–Crippen LogP) is 4.49. The lowest BCUT2D eigenvalue weighted by atomic mass is 10.1. The first-order valence-electron chi connectivity index (χ1n) is 9.40. The topological polar surface area (TPSA) is 79.8 Å². The second-order valence-electron chi connectivity index (χ2n) is 6.55. The molecule has 0 aliphatic heterocycles. The fourth-order valence-electron chi connectivity index (χ4n) is 2.58. The summed E-state index contributed by atoms with van der Waals surface area (Å²) in [6, 6.07) is 19.5. The lowest BCUT2D eigenvalue weighted by Crippen LogP contribution is -2.20. The molecule has 0 bridgehead atoms. The van der Waals surface area contributed by atoms with Crippen LogP contribution in [-0.4, -0.2) is 24.6 Å². The van der Waals surface area contributed by atoms with Gasteiger partial charge in [0.25, 0.3) is 11.8 Å². The third-order valence-electron chi connectivity index (χ3n) is 4.14. The molecule has 164 valence electrons. The fraction of sp³-hybridized carbons (Fsp3) is 0.0870. The molecule has 0 aliphatic carbocycles. The van der Waals surface area contributed by atoms with Crippen LogP contribution in [0.3, 0.4) is 0 Å². The standard InChI is InChI=1S/C23H18F3N3O3/c24-23(25,26)18-6-4-5-17(13-18)22(31)29-27-14-16-9-11-20(12-10-16)32-15-21(30)28-19-7-2-1-3-8-19/h1-14H,15H2,(H,28,30)(H,29,31). The van der Waals surface area contributed by atoms with Crippen LogP contribution in [0, 0.1) is 0 Å². The number of amides is 2. The summed E-state index contributed by atoms with van der Waals surface area (Å²) in [6.45, 7) is -0.171. The highest BCUT2D eigenvalue weighted by molar-refractivity contribution is 5.95. The number of carbonyl (C=O) groups excluding carboxylic acids is 2. The summed E-state index contributed by atoms with van der Waals surface area (Å²) < 4.78 is 43.6. The predicted molar refractivity (Wildman–Crippen MR) is 114 cm³/mol. The number of halogens is 3. The van der Waals surface area contributed by atoms with Gasteiger partial charge in [0, 0.05) is 11.3 Å². The first-order valence-corrected chi connectivity index (χ1v) is 9.40. The summed E-state index contributed by atoms with van der Waals surface area (Å²) in [4.78, 5) is 23.9. The molecule has 0 spiro atoms. The number of nitrogens with one attached hydrogen (secondary N) is 2. The second-order valence-corrected chi connectivity index (χ2v) is 6.55. The minimum atomic E-state index is -4.54. The molecule has 0 unspecified atom stereocenters. The largest absolute Gasteiger partial charge is 0.484 e. The molecule has 0 aliphatic rings. The molecule has 2 amide bonds. The van der Waals surface area contributed by atoms with E-state index in [0.717, 1.165) is 18.2 Å². The van der Waals surface area contributed by atoms with Crippen LogP contribution < -0.4 is 15.5 Å². The van der Waals surface area contributed by atoms with Crippen LogP contribution in [0.2, 0.25) is 0 Å². The quantitative estimate of drug-likeness (QED) is 0.419. The molecule has 32 heavy (non-hydrogen) atoms. The fourth-order valence-corrected chi connectivity index (χ4v) is 2.58. The normalized spacial score (nSPS) is 11.2. The van der Waals surface area contributed by atoms with Gasteiger partial charge in [-0.2, -0.15) is 18.3 Å². The van der Waals surface area contributed by atoms with E-state index in [2.05, 4.69) is 15.8 Å². The van der Waals surface area contributed by atoms with Crippen molar-refractivity contribution in [1.29, 1.82) is 0 Å². The van der Waals surface area contributed by atoms with Gasteiger partial charge in [0.05, 0.1) is 11.8 Å². The summed E-state index contributed by atoms with van der Waals surface area (Å²) in [5, 5.41) is 6.45. The molecular formula is C23H18F3N3O3. The summed E-state index contributed by atoms with van der Waals surface area (Å²) >= 11 is 0. The molecule has 2 N–H and O–H groups in total. The third-order valence-corrected chi connectivity index (χ3v) is 4.14. The van der Waals surface area contributed by atoms with Crippen molar-refractivity contribution in [2.24, 2.45) is 5.10 Å². The Morgan fingerprint density at radius 2 is 1.66 bits per heavy atom. The zero-order chi connectivity index (χ0) is 23.0. The van der Waals surface area contributed by atoms with Crippen molar-refractivity contribution < 1.29 is 27.5 Å². The lowest BCUT2D eigenvalue weighted by Gasteiger charge is -2.08. The van der Waals surface area contributed by atoms with Crippen molar-refractivity contribution in [3.8, 4) is 5.75 Å². The van der Waals surface area contributed by atoms with Gasteiger partial charge in [0.15, 0.2) is 6.61 Å². The maximum absolute atomic E-state index is 12.7. The van der Waals surface area contributed by atoms with Gasteiger partial charge in [0.1, 0.15) is 5.75 Å². The molecule has 3 rings (SSSR count). The van der Waals surface area contributed by atoms with E-state index in [1.54, 1.807) is 48.5 Å². The van der Waals surface area contributed by atoms with Crippen molar-refractivity contribution in [3.63, 3.8) is 0 Å². The zero-order valence-electron chi connectivity index (χ0n) is 16.6. The minimum absolute atomic E-state index is 0.158. The zero-order valence-corrected chi connectivity index (χ0v) is 16.6. The number of nitrogens with zero attached hydrogens (tertiary/aromatic N) is 1. The molecule has 6 nitrogen and oxygen atoms in total. The molecule has 0 aromatic heterocycles. The highest BCUT2D eigenvalue weighted by atomic mass is 19.4. The Hall–Kier alpha value is -4.14. The van der Waals surface area contributed by atoms with Gasteiger partial charge in [-0.05, 0) is 60.2 Å². The minimum Gasteiger partial charge on any atom is -0.484 e. The van der Waals surface area contributed by atoms with Gasteiger partial charge < -0.3 is 10.1 Å². The Morgan fingerprint density at radius 3 is 2.34 bits per heavy atom. The Kier molecular flexibility index (Phi) is 7.22. The molecule has 3 aromatic rings. The Balaban J connectivity index is 1.49. The van der Waals surface area contributed by atoms with Crippen LogP contribution in [0.5, 0.6) is 5.75 Å². The van der Waals surface area contributed by atoms with Crippen LogP contribution >= 0.6 is 0 Å². The van der Waals surface area contributed by atoms with E-state index in [9.17, 15) is 22.8 Å². The monoisotopic (exact) mass is 441 g/mol. The van der Waals surface area contributed by atoms with Gasteiger partial charge in [0.2, 0.25) is 0 Å². The molecule has 0 heterocycles. The van der Waals surface area contributed by atoms with Crippen LogP contribution in [0.15, 0.2) is 84.0 Å². The van der Waals surface area contributed by atoms with Gasteiger partial charge in [-0.3, -0.25) is 9.59 Å². The smallest absolute Gasteiger partial charge is 0.416 e. The van der Waals surface area contributed by atoms with Crippen molar-refractivity contribution in [2.45, 2.75) is 6.18 Å². The Labute approximate surface area is 181 Å². The molecule has 0 saturated heterocycles. The molecule has 0 saturated carbocycles. The summed E-state index contributed by atoms with van der Waals surface area (Å²) in [7, 11) is 0. The number of alkyl halides is 3. The number of hydrogen-bond acceptors (Lipinski definition) is 4. The van der Waals surface area contributed by atoms with E-state index >= 15 is 0 Å². The number of hydrogen-bond donors (Lipinski definition) is 2. The van der Waals surface area contributed by atoms with Crippen molar-refractivity contribution in [3.05, 3.63) is 95.6 Å². The van der Waals surface area contributed by atoms with Crippen LogP contribution in [0.4, 0.5) is 18.9 Å². The molecular weight excluding hydrogens is 423 g/mol. The van der Waals surface area contributed by atoms with Crippen molar-refractivity contribution in [2.75, 3.05) is 11.9 Å². The van der Waals surface area contributed by atoms with E-state index < -0.39 is 17.6 Å². The highest BCUT2D eigenvalue weighted by Gasteiger charge is 2.30. The van der Waals surface area contributed by atoms with Crippen LogP contribution in [0.25, 0.3) is 0 Å². The summed E-state index contributed by atoms with van der Waals surface area (Å²) in [6.07, 6.45) is -3.21. The Morgan fingerprint density at radius 1 is 0.938 bits per heavy atom. The van der Waals surface area contributed by atoms with E-state index in [1.165, 1.54) is 12.3 Å². The van der Waals surface area contributed by atoms with E-state index in [0.29, 0.717) is 17.0 Å². The van der Waals surface area contributed by atoms with Gasteiger partial charge >= 0.3 is 6.18 Å². The second kappa shape index (κ2) is 10.3. The van der Waals surface area contributed by atoms with E-state index in [1.807, 2.05) is 6.07 Å². The van der Waals surface area contributed by atoms with Gasteiger partial charge in [-0.15, -0.1) is 0 Å². The Bertz CT molecular complexity index is 1100. The van der Waals surface area contributed by atoms with E-state index in [4.69, 9.17) is 4.74 Å². The van der Waals surface area contributed by atoms with Crippen LogP contribution in [0.1, 0.15) is 21.5 Å². The summed E-state index contributed by atoms with van der Waals surface area (Å²) in [5.41, 5.74) is 2.38. The number of rotatable bonds is 7. The maximum Gasteiger partial charge on any atom is 0.416 e. The van der Waals surface area contributed by atoms with Crippen molar-refractivity contribution in [1.82, 2.24) is 5.43 Å². The molecule has 0 atom stereocenters. The van der Waals surface area contributed by atoms with Gasteiger partial charge in [-0.25, -0.2) is 5.43 Å². The van der Waals surface area contributed by atoms with Crippen LogP contribution in [-0.2, 0) is 11.0 Å². The maximum atomic E-state index is 12.7. The number of ether oxygens (including phenoxy) is 1. The number of para-hydroxylation sites is 1. The first-order chi connectivity index (χ1) is 15.3. The van der Waals surface area contributed by atoms with Crippen molar-refractivity contribution >= 4 is 23.7 Å². The van der Waals surface area contributed by atoms with E-state index in [-0.39, 0.29) is 18.1 Å². The number of hydrazone groups is 1. The average molecular weight is 441 g/mol. The van der Waals surface area contributed by atoms with Gasteiger partial charge in [-0.1, -0.05) is 24.3 Å². The lowest BCUT2D eigenvalue weighted by molar-refractivity contribution is -0.137. The average Bonchev–Trinajstić information content (AvgIpc) is 2.79. The summed E-state index contributed by atoms with van der Waals surface area (Å²) in [5.74, 6) is -0.616.